The van der Waals surface area contributed by atoms with Crippen molar-refractivity contribution in [1.29, 1.82) is 5.26 Å². The number of aromatic nitrogens is 2. The van der Waals surface area contributed by atoms with Crippen molar-refractivity contribution in [2.75, 3.05) is 0 Å². The van der Waals surface area contributed by atoms with Crippen molar-refractivity contribution in [1.82, 2.24) is 15.1 Å². The summed E-state index contributed by atoms with van der Waals surface area (Å²) in [6.07, 6.45) is 3.54. The van der Waals surface area contributed by atoms with Crippen LogP contribution in [-0.2, 0) is 11.3 Å². The Hall–Kier alpha value is -2.29. The molecule has 3 rings (SSSR count). The third kappa shape index (κ3) is 3.92. The van der Waals surface area contributed by atoms with E-state index in [-0.39, 0.29) is 17.5 Å². The maximum Gasteiger partial charge on any atom is 0.262 e. The van der Waals surface area contributed by atoms with E-state index in [9.17, 15) is 10.1 Å². The molecule has 1 fully saturated rings. The number of hydrogen-bond donors (Lipinski definition) is 1. The Morgan fingerprint density at radius 3 is 2.62 bits per heavy atom. The van der Waals surface area contributed by atoms with Crippen molar-refractivity contribution in [2.45, 2.75) is 39.3 Å². The van der Waals surface area contributed by atoms with Crippen LogP contribution in [0.5, 0.6) is 0 Å². The molecule has 0 atom stereocenters. The van der Waals surface area contributed by atoms with E-state index in [0.717, 1.165) is 35.4 Å². The van der Waals surface area contributed by atoms with Crippen LogP contribution in [0.1, 0.15) is 35.4 Å². The number of nitrogens with zero attached hydrogens (tertiary/aromatic N) is 3. The molecule has 26 heavy (non-hydrogen) atoms. The van der Waals surface area contributed by atoms with E-state index in [1.807, 2.05) is 19.9 Å². The van der Waals surface area contributed by atoms with Gasteiger partial charge in [0.1, 0.15) is 11.6 Å². The smallest absolute Gasteiger partial charge is 0.262 e. The molecule has 1 aromatic heterocycles. The molecule has 134 valence electrons. The fourth-order valence-corrected chi connectivity index (χ4v) is 3.21. The van der Waals surface area contributed by atoms with E-state index < -0.39 is 0 Å². The minimum absolute atomic E-state index is 0.0819. The van der Waals surface area contributed by atoms with Crippen molar-refractivity contribution in [2.24, 2.45) is 0 Å². The van der Waals surface area contributed by atoms with Gasteiger partial charge < -0.3 is 5.32 Å². The van der Waals surface area contributed by atoms with Gasteiger partial charge in [0.15, 0.2) is 0 Å². The van der Waals surface area contributed by atoms with E-state index in [1.54, 1.807) is 29.0 Å². The summed E-state index contributed by atoms with van der Waals surface area (Å²) in [5.41, 5.74) is 3.20. The van der Waals surface area contributed by atoms with Gasteiger partial charge in [0.25, 0.3) is 5.91 Å². The number of nitrogens with one attached hydrogen (secondary N) is 1. The SMILES string of the molecule is Cc1nn(Cc2c(Cl)cccc2Cl)c(C)c1/C=C(\C#N)C(=O)NC1CC1. The zero-order chi connectivity index (χ0) is 18.8. The van der Waals surface area contributed by atoms with Crippen molar-refractivity contribution >= 4 is 35.2 Å². The summed E-state index contributed by atoms with van der Waals surface area (Å²) in [4.78, 5) is 12.2. The number of aryl methyl sites for hydroxylation is 1. The molecule has 1 heterocycles. The summed E-state index contributed by atoms with van der Waals surface area (Å²) in [6.45, 7) is 4.15. The van der Waals surface area contributed by atoms with E-state index in [4.69, 9.17) is 23.2 Å². The molecule has 1 amide bonds. The molecule has 1 aliphatic carbocycles. The molecule has 1 saturated carbocycles. The number of benzene rings is 1. The topological polar surface area (TPSA) is 70.7 Å². The monoisotopic (exact) mass is 388 g/mol. The molecule has 1 aromatic carbocycles. The average molecular weight is 389 g/mol. The maximum absolute atomic E-state index is 12.2. The molecule has 0 unspecified atom stereocenters. The molecule has 0 radical (unpaired) electrons. The summed E-state index contributed by atoms with van der Waals surface area (Å²) in [5.74, 6) is -0.337. The predicted octanol–water partition coefficient (Wildman–Crippen LogP) is 4.04. The van der Waals surface area contributed by atoms with E-state index in [0.29, 0.717) is 16.6 Å². The molecule has 0 saturated heterocycles. The highest BCUT2D eigenvalue weighted by Gasteiger charge is 2.25. The van der Waals surface area contributed by atoms with Gasteiger partial charge in [-0.1, -0.05) is 29.3 Å². The van der Waals surface area contributed by atoms with Gasteiger partial charge in [0.05, 0.1) is 12.2 Å². The fraction of sp³-hybridized carbons (Fsp3) is 0.316. The van der Waals surface area contributed by atoms with Crippen molar-refractivity contribution in [3.8, 4) is 6.07 Å². The molecule has 0 spiro atoms. The lowest BCUT2D eigenvalue weighted by molar-refractivity contribution is -0.117. The van der Waals surface area contributed by atoms with Crippen LogP contribution in [0.25, 0.3) is 6.08 Å². The van der Waals surface area contributed by atoms with Crippen LogP contribution < -0.4 is 5.32 Å². The van der Waals surface area contributed by atoms with Gasteiger partial charge in [0.2, 0.25) is 0 Å². The molecule has 1 aliphatic rings. The zero-order valence-electron chi connectivity index (χ0n) is 14.5. The Balaban J connectivity index is 1.91. The molecule has 0 aliphatic heterocycles. The lowest BCUT2D eigenvalue weighted by Crippen LogP contribution is -2.26. The number of hydrogen-bond acceptors (Lipinski definition) is 3. The summed E-state index contributed by atoms with van der Waals surface area (Å²) < 4.78 is 1.78. The van der Waals surface area contributed by atoms with Gasteiger partial charge in [-0.2, -0.15) is 10.4 Å². The van der Waals surface area contributed by atoms with Crippen LogP contribution in [0.4, 0.5) is 0 Å². The highest BCUT2D eigenvalue weighted by Crippen LogP contribution is 2.27. The van der Waals surface area contributed by atoms with Gasteiger partial charge in [-0.3, -0.25) is 9.48 Å². The highest BCUT2D eigenvalue weighted by molar-refractivity contribution is 6.35. The van der Waals surface area contributed by atoms with Crippen LogP contribution >= 0.6 is 23.2 Å². The second-order valence-electron chi connectivity index (χ2n) is 6.36. The van der Waals surface area contributed by atoms with Crippen LogP contribution in [0, 0.1) is 25.2 Å². The molecule has 7 heteroatoms. The van der Waals surface area contributed by atoms with Gasteiger partial charge in [0, 0.05) is 32.9 Å². The van der Waals surface area contributed by atoms with Crippen LogP contribution in [0.3, 0.4) is 0 Å². The Labute approximate surface area is 162 Å². The summed E-state index contributed by atoms with van der Waals surface area (Å²) in [7, 11) is 0. The van der Waals surface area contributed by atoms with Gasteiger partial charge in [-0.05, 0) is 44.9 Å². The molecule has 2 aromatic rings. The van der Waals surface area contributed by atoms with Gasteiger partial charge >= 0.3 is 0 Å². The second kappa shape index (κ2) is 7.53. The van der Waals surface area contributed by atoms with E-state index in [1.165, 1.54) is 0 Å². The average Bonchev–Trinajstić information content (AvgIpc) is 3.36. The molecule has 1 N–H and O–H groups in total. The first-order valence-corrected chi connectivity index (χ1v) is 9.06. The Morgan fingerprint density at radius 2 is 2.04 bits per heavy atom. The largest absolute Gasteiger partial charge is 0.349 e. The zero-order valence-corrected chi connectivity index (χ0v) is 16.0. The minimum atomic E-state index is -0.337. The lowest BCUT2D eigenvalue weighted by atomic mass is 10.1. The highest BCUT2D eigenvalue weighted by atomic mass is 35.5. The second-order valence-corrected chi connectivity index (χ2v) is 7.17. The fourth-order valence-electron chi connectivity index (χ4n) is 2.69. The van der Waals surface area contributed by atoms with Crippen LogP contribution in [-0.4, -0.2) is 21.7 Å². The maximum atomic E-state index is 12.2. The minimum Gasteiger partial charge on any atom is -0.349 e. The molecular formula is C19H18Cl2N4O. The molecule has 0 bridgehead atoms. The Kier molecular flexibility index (Phi) is 5.36. The third-order valence-electron chi connectivity index (χ3n) is 4.37. The van der Waals surface area contributed by atoms with Crippen molar-refractivity contribution in [3.05, 3.63) is 56.3 Å². The normalized spacial score (nSPS) is 14.2. The first-order valence-electron chi connectivity index (χ1n) is 8.30. The number of nitriles is 1. The number of carbonyl (C=O) groups excluding carboxylic acids is 1. The van der Waals surface area contributed by atoms with E-state index >= 15 is 0 Å². The number of carbonyl (C=O) groups is 1. The molecule has 5 nitrogen and oxygen atoms in total. The van der Waals surface area contributed by atoms with Crippen LogP contribution in [0.2, 0.25) is 10.0 Å². The van der Waals surface area contributed by atoms with Gasteiger partial charge in [-0.15, -0.1) is 0 Å². The summed E-state index contributed by atoms with van der Waals surface area (Å²) >= 11 is 12.5. The molecular weight excluding hydrogens is 371 g/mol. The Bertz CT molecular complexity index is 915. The van der Waals surface area contributed by atoms with Crippen molar-refractivity contribution < 1.29 is 4.79 Å². The summed E-state index contributed by atoms with van der Waals surface area (Å²) in [5, 5.41) is 17.8. The number of rotatable bonds is 5. The first-order chi connectivity index (χ1) is 12.4. The first kappa shape index (κ1) is 18.5. The lowest BCUT2D eigenvalue weighted by Gasteiger charge is -2.09. The van der Waals surface area contributed by atoms with E-state index in [2.05, 4.69) is 10.4 Å². The van der Waals surface area contributed by atoms with Crippen LogP contribution in [0.15, 0.2) is 23.8 Å². The number of amides is 1. The predicted molar refractivity (Wildman–Crippen MR) is 102 cm³/mol. The Morgan fingerprint density at radius 1 is 1.38 bits per heavy atom. The quantitative estimate of drug-likeness (QED) is 0.620. The third-order valence-corrected chi connectivity index (χ3v) is 5.08. The van der Waals surface area contributed by atoms with Crippen molar-refractivity contribution in [3.63, 3.8) is 0 Å². The number of halogens is 2. The van der Waals surface area contributed by atoms with Gasteiger partial charge in [-0.25, -0.2) is 0 Å². The standard InChI is InChI=1S/C19H18Cl2N4O/c1-11-15(8-13(9-22)19(26)23-14-6-7-14)12(2)25(24-11)10-16-17(20)4-3-5-18(16)21/h3-5,8,14H,6-7,10H2,1-2H3,(H,23,26)/b13-8+. The summed E-state index contributed by atoms with van der Waals surface area (Å²) in [6, 6.07) is 7.54.